The summed E-state index contributed by atoms with van der Waals surface area (Å²) in [4.78, 5) is 11.2. The molecule has 0 aliphatic carbocycles. The Morgan fingerprint density at radius 2 is 2.15 bits per heavy atom. The van der Waals surface area contributed by atoms with Crippen LogP contribution in [0, 0.1) is 5.41 Å². The van der Waals surface area contributed by atoms with Crippen LogP contribution in [0.1, 0.15) is 13.3 Å². The Morgan fingerprint density at radius 3 is 2.62 bits per heavy atom. The molecule has 1 saturated heterocycles. The SMILES string of the molecule is COC(=O)C1(C)CSCCC1(F)F. The van der Waals surface area contributed by atoms with Crippen molar-refractivity contribution in [3.63, 3.8) is 0 Å². The average Bonchev–Trinajstić information content (AvgIpc) is 2.08. The van der Waals surface area contributed by atoms with E-state index in [1.165, 1.54) is 18.7 Å². The maximum atomic E-state index is 13.4. The first-order valence-corrected chi connectivity index (χ1v) is 5.13. The van der Waals surface area contributed by atoms with E-state index in [0.29, 0.717) is 5.75 Å². The van der Waals surface area contributed by atoms with Crippen LogP contribution in [0.15, 0.2) is 0 Å². The number of carbonyl (C=O) groups excluding carboxylic acids is 1. The summed E-state index contributed by atoms with van der Waals surface area (Å²) in [6, 6.07) is 0. The van der Waals surface area contributed by atoms with E-state index >= 15 is 0 Å². The predicted octanol–water partition coefficient (Wildman–Crippen LogP) is 1.94. The second-order valence-corrected chi connectivity index (χ2v) is 4.44. The molecule has 1 atom stereocenters. The van der Waals surface area contributed by atoms with Crippen LogP contribution in [0.3, 0.4) is 0 Å². The van der Waals surface area contributed by atoms with Crippen LogP contribution in [-0.2, 0) is 9.53 Å². The van der Waals surface area contributed by atoms with Gasteiger partial charge in [-0.05, 0) is 12.7 Å². The molecule has 0 spiro atoms. The molecule has 5 heteroatoms. The molecule has 0 aromatic rings. The van der Waals surface area contributed by atoms with Gasteiger partial charge in [0.15, 0.2) is 0 Å². The third-order valence-corrected chi connectivity index (χ3v) is 3.67. The van der Waals surface area contributed by atoms with Crippen LogP contribution in [0.25, 0.3) is 0 Å². The van der Waals surface area contributed by atoms with Crippen molar-refractivity contribution < 1.29 is 18.3 Å². The lowest BCUT2D eigenvalue weighted by Gasteiger charge is -2.37. The summed E-state index contributed by atoms with van der Waals surface area (Å²) in [7, 11) is 1.14. The molecular weight excluding hydrogens is 198 g/mol. The molecule has 76 valence electrons. The molecule has 1 aliphatic heterocycles. The number of methoxy groups -OCH3 is 1. The van der Waals surface area contributed by atoms with Crippen LogP contribution in [0.2, 0.25) is 0 Å². The first-order chi connectivity index (χ1) is 5.94. The second kappa shape index (κ2) is 3.44. The minimum atomic E-state index is -2.94. The highest BCUT2D eigenvalue weighted by Gasteiger charge is 2.57. The van der Waals surface area contributed by atoms with E-state index in [1.54, 1.807) is 0 Å². The van der Waals surface area contributed by atoms with Crippen LogP contribution in [0.5, 0.6) is 0 Å². The van der Waals surface area contributed by atoms with E-state index in [4.69, 9.17) is 0 Å². The molecule has 0 radical (unpaired) electrons. The van der Waals surface area contributed by atoms with E-state index in [0.717, 1.165) is 7.11 Å². The molecule has 0 aromatic carbocycles. The molecule has 2 nitrogen and oxygen atoms in total. The Kier molecular flexibility index (Phi) is 2.85. The highest BCUT2D eigenvalue weighted by molar-refractivity contribution is 7.99. The van der Waals surface area contributed by atoms with E-state index in [1.807, 2.05) is 0 Å². The van der Waals surface area contributed by atoms with Crippen molar-refractivity contribution >= 4 is 17.7 Å². The number of thioether (sulfide) groups is 1. The average molecular weight is 210 g/mol. The van der Waals surface area contributed by atoms with Gasteiger partial charge >= 0.3 is 5.97 Å². The Morgan fingerprint density at radius 1 is 1.54 bits per heavy atom. The quantitative estimate of drug-likeness (QED) is 0.619. The normalized spacial score (nSPS) is 32.6. The van der Waals surface area contributed by atoms with E-state index in [-0.39, 0.29) is 12.2 Å². The molecule has 1 unspecified atom stereocenters. The summed E-state index contributed by atoms with van der Waals surface area (Å²) in [5.41, 5.74) is -1.65. The highest BCUT2D eigenvalue weighted by Crippen LogP contribution is 2.46. The minimum absolute atomic E-state index is 0.132. The third-order valence-electron chi connectivity index (χ3n) is 2.39. The number of rotatable bonds is 1. The zero-order valence-electron chi connectivity index (χ0n) is 7.60. The van der Waals surface area contributed by atoms with Gasteiger partial charge in [0.25, 0.3) is 5.92 Å². The van der Waals surface area contributed by atoms with Crippen molar-refractivity contribution in [1.82, 2.24) is 0 Å². The number of carbonyl (C=O) groups is 1. The number of ether oxygens (including phenoxy) is 1. The Labute approximate surface area is 80.0 Å². The van der Waals surface area contributed by atoms with Crippen molar-refractivity contribution in [2.75, 3.05) is 18.6 Å². The van der Waals surface area contributed by atoms with Crippen molar-refractivity contribution in [3.05, 3.63) is 0 Å². The molecule has 0 N–H and O–H groups in total. The third kappa shape index (κ3) is 1.66. The Hall–Kier alpha value is -0.320. The van der Waals surface area contributed by atoms with E-state index < -0.39 is 17.3 Å². The molecule has 0 saturated carbocycles. The van der Waals surface area contributed by atoms with Crippen molar-refractivity contribution in [1.29, 1.82) is 0 Å². The maximum Gasteiger partial charge on any atom is 0.318 e. The lowest BCUT2D eigenvalue weighted by Crippen LogP contribution is -2.50. The molecule has 1 heterocycles. The second-order valence-electron chi connectivity index (χ2n) is 3.33. The lowest BCUT2D eigenvalue weighted by atomic mass is 9.83. The molecule has 0 aromatic heterocycles. The molecule has 1 rings (SSSR count). The monoisotopic (exact) mass is 210 g/mol. The van der Waals surface area contributed by atoms with Crippen LogP contribution in [-0.4, -0.2) is 30.5 Å². The smallest absolute Gasteiger partial charge is 0.318 e. The van der Waals surface area contributed by atoms with Crippen molar-refractivity contribution in [2.24, 2.45) is 5.41 Å². The minimum Gasteiger partial charge on any atom is -0.468 e. The van der Waals surface area contributed by atoms with Gasteiger partial charge in [-0.3, -0.25) is 4.79 Å². The molecule has 0 amide bonds. The molecule has 1 aliphatic rings. The summed E-state index contributed by atoms with van der Waals surface area (Å²) in [6.07, 6.45) is -0.247. The summed E-state index contributed by atoms with van der Waals surface area (Å²) >= 11 is 1.37. The number of hydrogen-bond acceptors (Lipinski definition) is 3. The molecule has 1 fully saturated rings. The molecule has 13 heavy (non-hydrogen) atoms. The fraction of sp³-hybridized carbons (Fsp3) is 0.875. The van der Waals surface area contributed by atoms with Crippen LogP contribution in [0.4, 0.5) is 8.78 Å². The number of hydrogen-bond donors (Lipinski definition) is 0. The van der Waals surface area contributed by atoms with Gasteiger partial charge in [-0.1, -0.05) is 0 Å². The van der Waals surface area contributed by atoms with Gasteiger partial charge in [-0.25, -0.2) is 8.78 Å². The van der Waals surface area contributed by atoms with Crippen LogP contribution >= 0.6 is 11.8 Å². The van der Waals surface area contributed by atoms with Crippen molar-refractivity contribution in [2.45, 2.75) is 19.3 Å². The summed E-state index contributed by atoms with van der Waals surface area (Å²) in [6.45, 7) is 1.27. The highest BCUT2D eigenvalue weighted by atomic mass is 32.2. The maximum absolute atomic E-state index is 13.4. The van der Waals surface area contributed by atoms with Crippen LogP contribution < -0.4 is 0 Å². The Balaban J connectivity index is 2.90. The summed E-state index contributed by atoms with van der Waals surface area (Å²) < 4.78 is 31.1. The first kappa shape index (κ1) is 10.8. The van der Waals surface area contributed by atoms with Gasteiger partial charge < -0.3 is 4.74 Å². The first-order valence-electron chi connectivity index (χ1n) is 3.98. The largest absolute Gasteiger partial charge is 0.468 e. The van der Waals surface area contributed by atoms with Gasteiger partial charge in [0.1, 0.15) is 5.41 Å². The molecule has 0 bridgehead atoms. The van der Waals surface area contributed by atoms with E-state index in [9.17, 15) is 13.6 Å². The van der Waals surface area contributed by atoms with Gasteiger partial charge in [-0.2, -0.15) is 11.8 Å². The fourth-order valence-electron chi connectivity index (χ4n) is 1.29. The van der Waals surface area contributed by atoms with Gasteiger partial charge in [0.05, 0.1) is 7.11 Å². The summed E-state index contributed by atoms with van der Waals surface area (Å²) in [5, 5.41) is 0. The topological polar surface area (TPSA) is 26.3 Å². The zero-order valence-corrected chi connectivity index (χ0v) is 8.42. The van der Waals surface area contributed by atoms with Gasteiger partial charge in [-0.15, -0.1) is 0 Å². The Bertz CT molecular complexity index is 220. The lowest BCUT2D eigenvalue weighted by molar-refractivity contribution is -0.176. The number of esters is 1. The fourth-order valence-corrected chi connectivity index (χ4v) is 2.57. The zero-order chi connectivity index (χ0) is 10.1. The van der Waals surface area contributed by atoms with Gasteiger partial charge in [0, 0.05) is 12.2 Å². The van der Waals surface area contributed by atoms with E-state index in [2.05, 4.69) is 4.74 Å². The predicted molar refractivity (Wildman–Crippen MR) is 47.0 cm³/mol. The number of alkyl halides is 2. The standard InChI is InChI=1S/C8H12F2O2S/c1-7(6(11)12-2)5-13-4-3-8(7,9)10/h3-5H2,1-2H3. The summed E-state index contributed by atoms with van der Waals surface area (Å²) in [5.74, 6) is -3.22. The van der Waals surface area contributed by atoms with Crippen molar-refractivity contribution in [3.8, 4) is 0 Å². The molecular formula is C8H12F2O2S. The van der Waals surface area contributed by atoms with Gasteiger partial charge in [0.2, 0.25) is 0 Å². The number of halogens is 2.